The minimum absolute atomic E-state index is 0.0180. The predicted octanol–water partition coefficient (Wildman–Crippen LogP) is 1.79. The van der Waals surface area contributed by atoms with Gasteiger partial charge in [0.2, 0.25) is 0 Å². The van der Waals surface area contributed by atoms with Crippen molar-refractivity contribution in [2.75, 3.05) is 19.8 Å². The summed E-state index contributed by atoms with van der Waals surface area (Å²) in [5.74, 6) is 0. The summed E-state index contributed by atoms with van der Waals surface area (Å²) in [4.78, 5) is 11.2. The number of sulfonamides is 1. The normalized spacial score (nSPS) is 11.1. The van der Waals surface area contributed by atoms with Gasteiger partial charge in [0.15, 0.2) is 0 Å². The van der Waals surface area contributed by atoms with Crippen molar-refractivity contribution in [1.82, 2.24) is 4.72 Å². The SMILES string of the molecule is CCOCCOC(=O)NS(=O)(=O)c1ccc(Cl)cc1. The lowest BCUT2D eigenvalue weighted by molar-refractivity contribution is 0.0813. The largest absolute Gasteiger partial charge is 0.446 e. The zero-order chi connectivity index (χ0) is 14.3. The molecule has 0 saturated carbocycles. The van der Waals surface area contributed by atoms with Crippen molar-refractivity contribution >= 4 is 27.7 Å². The minimum atomic E-state index is -3.94. The van der Waals surface area contributed by atoms with Gasteiger partial charge in [-0.25, -0.2) is 17.9 Å². The molecule has 0 bridgehead atoms. The maximum Gasteiger partial charge on any atom is 0.421 e. The van der Waals surface area contributed by atoms with E-state index in [9.17, 15) is 13.2 Å². The van der Waals surface area contributed by atoms with Gasteiger partial charge in [0.05, 0.1) is 11.5 Å². The average Bonchev–Trinajstić information content (AvgIpc) is 2.34. The van der Waals surface area contributed by atoms with Gasteiger partial charge in [-0.3, -0.25) is 0 Å². The molecule has 1 aromatic carbocycles. The molecule has 1 N–H and O–H groups in total. The van der Waals surface area contributed by atoms with E-state index in [0.29, 0.717) is 11.6 Å². The molecule has 8 heteroatoms. The Kier molecular flexibility index (Phi) is 6.07. The third kappa shape index (κ3) is 5.46. The monoisotopic (exact) mass is 307 g/mol. The van der Waals surface area contributed by atoms with E-state index in [0.717, 1.165) is 0 Å². The Labute approximate surface area is 116 Å². The van der Waals surface area contributed by atoms with Gasteiger partial charge in [-0.1, -0.05) is 11.6 Å². The van der Waals surface area contributed by atoms with Crippen molar-refractivity contribution in [3.05, 3.63) is 29.3 Å². The smallest absolute Gasteiger partial charge is 0.421 e. The van der Waals surface area contributed by atoms with E-state index in [2.05, 4.69) is 4.74 Å². The zero-order valence-corrected chi connectivity index (χ0v) is 11.8. The quantitative estimate of drug-likeness (QED) is 0.810. The molecule has 0 radical (unpaired) electrons. The number of carbonyl (C=O) groups is 1. The highest BCUT2D eigenvalue weighted by atomic mass is 35.5. The van der Waals surface area contributed by atoms with Crippen LogP contribution in [0.5, 0.6) is 0 Å². The van der Waals surface area contributed by atoms with Crippen LogP contribution in [0.2, 0.25) is 5.02 Å². The molecule has 0 spiro atoms. The van der Waals surface area contributed by atoms with Crippen LogP contribution in [0, 0.1) is 0 Å². The molecular weight excluding hydrogens is 294 g/mol. The van der Waals surface area contributed by atoms with Crippen molar-refractivity contribution in [3.63, 3.8) is 0 Å². The molecule has 0 atom stereocenters. The van der Waals surface area contributed by atoms with E-state index in [1.807, 2.05) is 0 Å². The molecule has 0 unspecified atom stereocenters. The fourth-order valence-corrected chi connectivity index (χ4v) is 2.17. The van der Waals surface area contributed by atoms with E-state index < -0.39 is 16.1 Å². The Morgan fingerprint density at radius 2 is 1.89 bits per heavy atom. The first-order valence-electron chi connectivity index (χ1n) is 5.48. The van der Waals surface area contributed by atoms with E-state index in [4.69, 9.17) is 16.3 Å². The zero-order valence-electron chi connectivity index (χ0n) is 10.3. The molecule has 0 aromatic heterocycles. The molecule has 106 valence electrons. The second-order valence-electron chi connectivity index (χ2n) is 3.39. The second kappa shape index (κ2) is 7.32. The maximum absolute atomic E-state index is 11.8. The molecule has 0 fully saturated rings. The standard InChI is InChI=1S/C11H14ClNO5S/c1-2-17-7-8-18-11(14)13-19(15,16)10-5-3-9(12)4-6-10/h3-6H,2,7-8H2,1H3,(H,13,14). The lowest BCUT2D eigenvalue weighted by atomic mass is 10.4. The molecule has 19 heavy (non-hydrogen) atoms. The van der Waals surface area contributed by atoms with Crippen molar-refractivity contribution in [3.8, 4) is 0 Å². The van der Waals surface area contributed by atoms with Gasteiger partial charge in [0.25, 0.3) is 10.0 Å². The Morgan fingerprint density at radius 3 is 2.47 bits per heavy atom. The van der Waals surface area contributed by atoms with Crippen LogP contribution >= 0.6 is 11.6 Å². The lowest BCUT2D eigenvalue weighted by Crippen LogP contribution is -2.31. The van der Waals surface area contributed by atoms with Gasteiger partial charge >= 0.3 is 6.09 Å². The fraction of sp³-hybridized carbons (Fsp3) is 0.364. The van der Waals surface area contributed by atoms with Crippen LogP contribution in [-0.4, -0.2) is 34.3 Å². The topological polar surface area (TPSA) is 81.7 Å². The predicted molar refractivity (Wildman–Crippen MR) is 69.6 cm³/mol. The third-order valence-electron chi connectivity index (χ3n) is 2.01. The minimum Gasteiger partial charge on any atom is -0.446 e. The first-order valence-corrected chi connectivity index (χ1v) is 7.34. The van der Waals surface area contributed by atoms with Crippen LogP contribution in [-0.2, 0) is 19.5 Å². The second-order valence-corrected chi connectivity index (χ2v) is 5.51. The van der Waals surface area contributed by atoms with Crippen LogP contribution in [0.3, 0.4) is 0 Å². The molecular formula is C11H14ClNO5S. The molecule has 0 heterocycles. The van der Waals surface area contributed by atoms with Crippen LogP contribution in [0.4, 0.5) is 4.79 Å². The van der Waals surface area contributed by atoms with E-state index in [1.54, 1.807) is 11.6 Å². The summed E-state index contributed by atoms with van der Waals surface area (Å²) in [5, 5.41) is 0.401. The van der Waals surface area contributed by atoms with Crippen molar-refractivity contribution in [2.24, 2.45) is 0 Å². The van der Waals surface area contributed by atoms with Gasteiger partial charge in [0, 0.05) is 11.6 Å². The number of rotatable bonds is 6. The average molecular weight is 308 g/mol. The third-order valence-corrected chi connectivity index (χ3v) is 3.59. The van der Waals surface area contributed by atoms with Crippen LogP contribution < -0.4 is 4.72 Å². The van der Waals surface area contributed by atoms with Gasteiger partial charge < -0.3 is 9.47 Å². The van der Waals surface area contributed by atoms with Crippen molar-refractivity contribution in [1.29, 1.82) is 0 Å². The number of ether oxygens (including phenoxy) is 2. The molecule has 1 rings (SSSR count). The van der Waals surface area contributed by atoms with E-state index in [-0.39, 0.29) is 18.1 Å². The first kappa shape index (κ1) is 15.7. The highest BCUT2D eigenvalue weighted by molar-refractivity contribution is 7.90. The molecule has 0 aliphatic heterocycles. The highest BCUT2D eigenvalue weighted by Crippen LogP contribution is 2.13. The summed E-state index contributed by atoms with van der Waals surface area (Å²) in [6.07, 6.45) is -1.05. The molecule has 6 nitrogen and oxygen atoms in total. The summed E-state index contributed by atoms with van der Waals surface area (Å²) in [7, 11) is -3.94. The maximum atomic E-state index is 11.8. The number of halogens is 1. The molecule has 1 amide bonds. The fourth-order valence-electron chi connectivity index (χ4n) is 1.15. The van der Waals surface area contributed by atoms with E-state index >= 15 is 0 Å². The molecule has 0 aliphatic carbocycles. The van der Waals surface area contributed by atoms with Gasteiger partial charge in [-0.2, -0.15) is 0 Å². The van der Waals surface area contributed by atoms with E-state index in [1.165, 1.54) is 24.3 Å². The number of hydrogen-bond acceptors (Lipinski definition) is 5. The number of carbonyl (C=O) groups excluding carboxylic acids is 1. The summed E-state index contributed by atoms with van der Waals surface area (Å²) < 4.78 is 34.9. The molecule has 1 aromatic rings. The lowest BCUT2D eigenvalue weighted by Gasteiger charge is -2.08. The Bertz CT molecular complexity index is 514. The highest BCUT2D eigenvalue weighted by Gasteiger charge is 2.18. The van der Waals surface area contributed by atoms with Gasteiger partial charge in [0.1, 0.15) is 6.61 Å². The first-order chi connectivity index (χ1) is 8.95. The number of nitrogens with one attached hydrogen (secondary N) is 1. The van der Waals surface area contributed by atoms with Crippen LogP contribution in [0.15, 0.2) is 29.2 Å². The summed E-state index contributed by atoms with van der Waals surface area (Å²) in [6, 6.07) is 5.41. The molecule has 0 saturated heterocycles. The van der Waals surface area contributed by atoms with Crippen molar-refractivity contribution < 1.29 is 22.7 Å². The number of benzene rings is 1. The Hall–Kier alpha value is -1.31. The Balaban J connectivity index is 2.55. The van der Waals surface area contributed by atoms with Gasteiger partial charge in [-0.05, 0) is 31.2 Å². The number of hydrogen-bond donors (Lipinski definition) is 1. The summed E-state index contributed by atoms with van der Waals surface area (Å²) in [5.41, 5.74) is 0. The number of amides is 1. The summed E-state index contributed by atoms with van der Waals surface area (Å²) in [6.45, 7) is 2.49. The van der Waals surface area contributed by atoms with Crippen LogP contribution in [0.25, 0.3) is 0 Å². The molecule has 0 aliphatic rings. The van der Waals surface area contributed by atoms with Gasteiger partial charge in [-0.15, -0.1) is 0 Å². The summed E-state index contributed by atoms with van der Waals surface area (Å²) >= 11 is 5.64. The van der Waals surface area contributed by atoms with Crippen molar-refractivity contribution in [2.45, 2.75) is 11.8 Å². The Morgan fingerprint density at radius 1 is 1.26 bits per heavy atom. The van der Waals surface area contributed by atoms with Crippen LogP contribution in [0.1, 0.15) is 6.92 Å².